The van der Waals surface area contributed by atoms with Crippen LogP contribution in [-0.2, 0) is 6.54 Å². The van der Waals surface area contributed by atoms with Crippen molar-refractivity contribution in [3.63, 3.8) is 0 Å². The summed E-state index contributed by atoms with van der Waals surface area (Å²) in [4.78, 5) is 52.7. The molecule has 5 N–H and O–H groups in total. The lowest BCUT2D eigenvalue weighted by molar-refractivity contribution is 0.416. The molecule has 0 saturated heterocycles. The van der Waals surface area contributed by atoms with E-state index >= 15 is 0 Å². The van der Waals surface area contributed by atoms with E-state index in [1.54, 1.807) is 31.4 Å². The van der Waals surface area contributed by atoms with Crippen LogP contribution in [0.4, 0.5) is 17.1 Å². The van der Waals surface area contributed by atoms with Gasteiger partial charge in [-0.2, -0.15) is 0 Å². The molecule has 0 fully saturated rings. The lowest BCUT2D eigenvalue weighted by Crippen LogP contribution is -2.28. The third-order valence-corrected chi connectivity index (χ3v) is 6.12. The smallest absolute Gasteiger partial charge is 0.263 e. The van der Waals surface area contributed by atoms with Crippen LogP contribution in [0.3, 0.4) is 0 Å². The van der Waals surface area contributed by atoms with Gasteiger partial charge in [-0.05, 0) is 12.1 Å². The molecule has 0 saturated carbocycles. The molecule has 170 valence electrons. The van der Waals surface area contributed by atoms with Crippen molar-refractivity contribution < 1.29 is 4.74 Å². The molecule has 9 heteroatoms. The quantitative estimate of drug-likeness (QED) is 0.205. The van der Waals surface area contributed by atoms with Crippen molar-refractivity contribution in [2.45, 2.75) is 6.54 Å². The van der Waals surface area contributed by atoms with Crippen LogP contribution in [0.15, 0.2) is 67.7 Å². The highest BCUT2D eigenvalue weighted by Crippen LogP contribution is 2.31. The summed E-state index contributed by atoms with van der Waals surface area (Å²) in [5, 5.41) is 2.95. The van der Waals surface area contributed by atoms with Gasteiger partial charge in [-0.3, -0.25) is 23.7 Å². The molecule has 0 aliphatic rings. The van der Waals surface area contributed by atoms with Gasteiger partial charge < -0.3 is 21.5 Å². The minimum Gasteiger partial charge on any atom is -0.495 e. The molecule has 0 atom stereocenters. The van der Waals surface area contributed by atoms with Crippen LogP contribution in [0.25, 0.3) is 32.3 Å². The molecular formula is C25H20N4O5. The number of nitrogens with zero attached hydrogens (tertiary/aromatic N) is 1. The third-order valence-electron chi connectivity index (χ3n) is 6.12. The fraction of sp³-hybridized carbons (Fsp3) is 0.120. The van der Waals surface area contributed by atoms with Gasteiger partial charge in [0.1, 0.15) is 5.75 Å². The standard InChI is InChI=1S/C25H20N4O5/c1-34-15-9-5-4-8-14(15)28-10-11-29-24(32)18-19(25(29)33)21(27)17-16(20(18)26)22(30)12-6-2-3-7-13(12)23(17)31/h2-9,28H,10-11,26-27H2,1H3. The van der Waals surface area contributed by atoms with Crippen molar-refractivity contribution in [1.29, 1.82) is 0 Å². The van der Waals surface area contributed by atoms with E-state index in [1.165, 1.54) is 12.1 Å². The fourth-order valence-corrected chi connectivity index (χ4v) is 4.51. The second-order valence-electron chi connectivity index (χ2n) is 7.92. The van der Waals surface area contributed by atoms with E-state index in [4.69, 9.17) is 16.2 Å². The Balaban J connectivity index is 1.71. The number of para-hydroxylation sites is 2. The van der Waals surface area contributed by atoms with Crippen LogP contribution in [0.2, 0.25) is 0 Å². The Bertz CT molecular complexity index is 1730. The topological polar surface area (TPSA) is 147 Å². The number of ether oxygens (including phenoxy) is 1. The van der Waals surface area contributed by atoms with Crippen LogP contribution in [0, 0.1) is 0 Å². The summed E-state index contributed by atoms with van der Waals surface area (Å²) in [5.74, 6) is 0.614. The van der Waals surface area contributed by atoms with Gasteiger partial charge in [0.2, 0.25) is 0 Å². The number of aromatic nitrogens is 1. The Kier molecular flexibility index (Phi) is 4.82. The number of nitrogens with two attached hydrogens (primary N) is 2. The van der Waals surface area contributed by atoms with Gasteiger partial charge in [0, 0.05) is 23.9 Å². The number of methoxy groups -OCH3 is 1. The molecule has 0 bridgehead atoms. The van der Waals surface area contributed by atoms with E-state index in [0.717, 1.165) is 4.57 Å². The Morgan fingerprint density at radius 3 is 1.79 bits per heavy atom. The summed E-state index contributed by atoms with van der Waals surface area (Å²) < 4.78 is 6.30. The third kappa shape index (κ3) is 2.87. The Morgan fingerprint density at radius 1 is 0.765 bits per heavy atom. The van der Waals surface area contributed by atoms with Gasteiger partial charge in [0.25, 0.3) is 11.1 Å². The van der Waals surface area contributed by atoms with Crippen LogP contribution in [-0.4, -0.2) is 18.2 Å². The summed E-state index contributed by atoms with van der Waals surface area (Å²) in [5.41, 5.74) is 10.5. The van der Waals surface area contributed by atoms with E-state index in [2.05, 4.69) is 5.32 Å². The molecule has 1 heterocycles. The number of benzene rings is 4. The largest absolute Gasteiger partial charge is 0.495 e. The predicted molar refractivity (Wildman–Crippen MR) is 135 cm³/mol. The van der Waals surface area contributed by atoms with Gasteiger partial charge in [-0.1, -0.05) is 36.4 Å². The van der Waals surface area contributed by atoms with Crippen molar-refractivity contribution in [2.24, 2.45) is 0 Å². The Morgan fingerprint density at radius 2 is 1.26 bits per heavy atom. The minimum absolute atomic E-state index is 0.00998. The van der Waals surface area contributed by atoms with Gasteiger partial charge in [0.15, 0.2) is 10.9 Å². The SMILES string of the molecule is COc1ccccc1NCCn1c(=O)c2c(N)c3c(=O)c4ccccc4c(=O)c3c(N)c2c1=O. The zero-order valence-corrected chi connectivity index (χ0v) is 18.2. The molecule has 0 aliphatic carbocycles. The Labute approximate surface area is 191 Å². The van der Waals surface area contributed by atoms with Crippen LogP contribution in [0.1, 0.15) is 0 Å². The number of hydrogen-bond acceptors (Lipinski definition) is 8. The van der Waals surface area contributed by atoms with Gasteiger partial charge in [-0.15, -0.1) is 0 Å². The molecule has 5 rings (SSSR count). The first kappa shape index (κ1) is 21.2. The van der Waals surface area contributed by atoms with Crippen molar-refractivity contribution in [2.75, 3.05) is 30.4 Å². The molecule has 34 heavy (non-hydrogen) atoms. The average Bonchev–Trinajstić information content (AvgIpc) is 3.10. The number of nitrogen functional groups attached to an aromatic ring is 2. The van der Waals surface area contributed by atoms with Crippen LogP contribution >= 0.6 is 0 Å². The maximum absolute atomic E-state index is 13.2. The number of hydrogen-bond donors (Lipinski definition) is 3. The van der Waals surface area contributed by atoms with E-state index in [-0.39, 0.29) is 56.8 Å². The van der Waals surface area contributed by atoms with Crippen LogP contribution in [0.5, 0.6) is 5.75 Å². The van der Waals surface area contributed by atoms with Crippen LogP contribution < -0.4 is 43.5 Å². The molecule has 5 aromatic rings. The van der Waals surface area contributed by atoms with E-state index in [9.17, 15) is 19.2 Å². The predicted octanol–water partition coefficient (Wildman–Crippen LogP) is 1.55. The van der Waals surface area contributed by atoms with Crippen molar-refractivity contribution in [3.05, 3.63) is 89.7 Å². The van der Waals surface area contributed by atoms with Crippen molar-refractivity contribution >= 4 is 49.4 Å². The van der Waals surface area contributed by atoms with Crippen molar-refractivity contribution in [3.8, 4) is 5.75 Å². The first-order valence-electron chi connectivity index (χ1n) is 10.5. The molecular weight excluding hydrogens is 436 g/mol. The lowest BCUT2D eigenvalue weighted by Gasteiger charge is -2.10. The maximum atomic E-state index is 13.2. The molecule has 0 amide bonds. The first-order chi connectivity index (χ1) is 16.4. The van der Waals surface area contributed by atoms with Gasteiger partial charge in [-0.25, -0.2) is 0 Å². The first-order valence-corrected chi connectivity index (χ1v) is 10.5. The number of fused-ring (bicyclic) bond motifs is 3. The average molecular weight is 456 g/mol. The van der Waals surface area contributed by atoms with Gasteiger partial charge in [0.05, 0.1) is 45.7 Å². The molecule has 0 unspecified atom stereocenters. The second-order valence-corrected chi connectivity index (χ2v) is 7.92. The highest BCUT2D eigenvalue weighted by Gasteiger charge is 2.25. The summed E-state index contributed by atoms with van der Waals surface area (Å²) in [6.07, 6.45) is 0. The maximum Gasteiger partial charge on any atom is 0.263 e. The summed E-state index contributed by atoms with van der Waals surface area (Å²) >= 11 is 0. The Hall–Kier alpha value is -4.66. The fourth-order valence-electron chi connectivity index (χ4n) is 4.51. The van der Waals surface area contributed by atoms with E-state index in [0.29, 0.717) is 11.4 Å². The molecule has 4 aromatic carbocycles. The van der Waals surface area contributed by atoms with E-state index < -0.39 is 22.0 Å². The molecule has 1 aromatic heterocycles. The zero-order chi connectivity index (χ0) is 24.1. The molecule has 0 spiro atoms. The zero-order valence-electron chi connectivity index (χ0n) is 18.2. The lowest BCUT2D eigenvalue weighted by atomic mass is 9.97. The highest BCUT2D eigenvalue weighted by atomic mass is 16.5. The summed E-state index contributed by atoms with van der Waals surface area (Å²) in [6, 6.07) is 13.5. The van der Waals surface area contributed by atoms with E-state index in [1.807, 2.05) is 12.1 Å². The normalized spacial score (nSPS) is 11.4. The highest BCUT2D eigenvalue weighted by molar-refractivity contribution is 6.20. The molecule has 0 aliphatic heterocycles. The molecule has 0 radical (unpaired) electrons. The van der Waals surface area contributed by atoms with Gasteiger partial charge >= 0.3 is 0 Å². The number of anilines is 3. The monoisotopic (exact) mass is 456 g/mol. The number of nitrogens with one attached hydrogen (secondary N) is 1. The summed E-state index contributed by atoms with van der Waals surface area (Å²) in [6.45, 7) is 0.241. The summed E-state index contributed by atoms with van der Waals surface area (Å²) in [7, 11) is 1.54. The van der Waals surface area contributed by atoms with Crippen molar-refractivity contribution in [1.82, 2.24) is 4.57 Å². The minimum atomic E-state index is -0.659. The number of rotatable bonds is 5. The molecule has 9 nitrogen and oxygen atoms in total. The second kappa shape index (κ2) is 7.73.